The van der Waals surface area contributed by atoms with Crippen LogP contribution < -0.4 is 9.80 Å². The molecule has 268 valence electrons. The molecule has 2 nitrogen and oxygen atoms in total. The molecule has 6 aromatic carbocycles. The summed E-state index contributed by atoms with van der Waals surface area (Å²) in [6.45, 7) is 18.7. The Morgan fingerprint density at radius 2 is 0.889 bits per heavy atom. The summed E-state index contributed by atoms with van der Waals surface area (Å²) in [6, 6.07) is 49.5. The first-order chi connectivity index (χ1) is 26.0. The monoisotopic (exact) mass is 702 g/mol. The van der Waals surface area contributed by atoms with Crippen molar-refractivity contribution < 1.29 is 0 Å². The lowest BCUT2D eigenvalue weighted by molar-refractivity contribution is 0.393. The molecule has 0 aromatic heterocycles. The number of rotatable bonds is 6. The molecule has 2 unspecified atom stereocenters. The number of allylic oxidation sites excluding steroid dienone is 4. The number of aryl methyl sites for hydroxylation is 4. The van der Waals surface area contributed by atoms with Crippen LogP contribution in [-0.2, 0) is 10.8 Å². The number of fused-ring (bicyclic) bond motifs is 6. The summed E-state index contributed by atoms with van der Waals surface area (Å²) < 4.78 is 0. The van der Waals surface area contributed by atoms with Crippen LogP contribution in [-0.4, -0.2) is 0 Å². The number of hydrogen-bond donors (Lipinski definition) is 0. The molecule has 0 fully saturated rings. The maximum absolute atomic E-state index is 2.65. The highest BCUT2D eigenvalue weighted by molar-refractivity contribution is 5.93. The predicted molar refractivity (Wildman–Crippen MR) is 230 cm³/mol. The van der Waals surface area contributed by atoms with E-state index in [9.17, 15) is 0 Å². The number of hydrogen-bond acceptors (Lipinski definition) is 2. The fourth-order valence-electron chi connectivity index (χ4n) is 9.82. The van der Waals surface area contributed by atoms with Crippen LogP contribution in [0.5, 0.6) is 0 Å². The largest absolute Gasteiger partial charge is 0.310 e. The summed E-state index contributed by atoms with van der Waals surface area (Å²) in [5.41, 5.74) is 20.8. The van der Waals surface area contributed by atoms with Gasteiger partial charge in [0.1, 0.15) is 0 Å². The van der Waals surface area contributed by atoms with Crippen molar-refractivity contribution in [1.29, 1.82) is 0 Å². The van der Waals surface area contributed by atoms with Crippen molar-refractivity contribution in [1.82, 2.24) is 0 Å². The van der Waals surface area contributed by atoms with Gasteiger partial charge in [0, 0.05) is 45.5 Å². The minimum absolute atomic E-state index is 0.0481. The smallest absolute Gasteiger partial charge is 0.0490 e. The molecule has 54 heavy (non-hydrogen) atoms. The van der Waals surface area contributed by atoms with Crippen LogP contribution in [0.15, 0.2) is 151 Å². The first-order valence-corrected chi connectivity index (χ1v) is 19.5. The second-order valence-electron chi connectivity index (χ2n) is 16.9. The Balaban J connectivity index is 1.14. The topological polar surface area (TPSA) is 6.48 Å². The Bertz CT molecular complexity index is 2440. The molecule has 3 aliphatic rings. The molecule has 0 radical (unpaired) electrons. The van der Waals surface area contributed by atoms with Gasteiger partial charge in [-0.25, -0.2) is 0 Å². The van der Waals surface area contributed by atoms with Gasteiger partial charge in [0.15, 0.2) is 0 Å². The standard InChI is InChI=1S/C52H50N2/c1-33-17-9-13-21-47(33)53(48-22-14-10-18-34(48)2)37-25-27-39-41-31-46-42(32-45(41)51(5,6)43(39)29-37)40-28-26-38(30-44(40)52(46,7)8)54(49-23-15-11-19-35(49)3)50-24-16-12-20-36(50)4/h9-32,41,45H,1-8H3. The van der Waals surface area contributed by atoms with Gasteiger partial charge in [0.05, 0.1) is 0 Å². The Labute approximate surface area is 322 Å². The van der Waals surface area contributed by atoms with Gasteiger partial charge in [0.2, 0.25) is 0 Å². The summed E-state index contributed by atoms with van der Waals surface area (Å²) in [6.07, 6.45) is 5.29. The van der Waals surface area contributed by atoms with Crippen molar-refractivity contribution in [3.63, 3.8) is 0 Å². The fraction of sp³-hybridized carbons (Fsp3) is 0.231. The molecule has 0 N–H and O–H groups in total. The number of nitrogens with zero attached hydrogens (tertiary/aromatic N) is 2. The number of benzene rings is 6. The lowest BCUT2D eigenvalue weighted by Gasteiger charge is -2.34. The van der Waals surface area contributed by atoms with E-state index in [-0.39, 0.29) is 10.8 Å². The first-order valence-electron chi connectivity index (χ1n) is 19.5. The van der Waals surface area contributed by atoms with Gasteiger partial charge in [-0.2, -0.15) is 0 Å². The number of anilines is 6. The van der Waals surface area contributed by atoms with E-state index in [1.807, 2.05) is 0 Å². The van der Waals surface area contributed by atoms with Crippen LogP contribution in [0.25, 0.3) is 5.57 Å². The zero-order chi connectivity index (χ0) is 37.5. The quantitative estimate of drug-likeness (QED) is 0.170. The molecule has 0 spiro atoms. The third-order valence-electron chi connectivity index (χ3n) is 12.9. The zero-order valence-electron chi connectivity index (χ0n) is 32.9. The van der Waals surface area contributed by atoms with Crippen molar-refractivity contribution in [2.45, 2.75) is 72.1 Å². The summed E-state index contributed by atoms with van der Waals surface area (Å²) >= 11 is 0. The molecule has 2 heteroatoms. The van der Waals surface area contributed by atoms with E-state index in [0.29, 0.717) is 11.8 Å². The van der Waals surface area contributed by atoms with Crippen LogP contribution in [0.2, 0.25) is 0 Å². The minimum Gasteiger partial charge on any atom is -0.310 e. The van der Waals surface area contributed by atoms with E-state index in [1.54, 1.807) is 0 Å². The second-order valence-corrected chi connectivity index (χ2v) is 16.9. The van der Waals surface area contributed by atoms with Crippen molar-refractivity contribution in [3.8, 4) is 0 Å². The van der Waals surface area contributed by atoms with Gasteiger partial charge in [-0.05, 0) is 143 Å². The molecule has 0 saturated heterocycles. The van der Waals surface area contributed by atoms with Crippen LogP contribution in [0.1, 0.15) is 78.1 Å². The molecular formula is C52H50N2. The SMILES string of the molecule is Cc1ccccc1N(c1ccc2c(c1)C(C)(C)C1=CC3c4ccc(N(c5ccccc5C)c5ccccc5C)cc4C(C)(C)C3C=C12)c1ccccc1C. The molecular weight excluding hydrogens is 653 g/mol. The normalized spacial score (nSPS) is 18.5. The Morgan fingerprint density at radius 3 is 1.35 bits per heavy atom. The van der Waals surface area contributed by atoms with Crippen LogP contribution in [0.3, 0.4) is 0 Å². The molecule has 9 rings (SSSR count). The Hall–Kier alpha value is -5.60. The average Bonchev–Trinajstić information content (AvgIpc) is 3.52. The molecule has 0 amide bonds. The summed E-state index contributed by atoms with van der Waals surface area (Å²) in [5, 5.41) is 0. The van der Waals surface area contributed by atoms with Gasteiger partial charge in [0.25, 0.3) is 0 Å². The highest BCUT2D eigenvalue weighted by Gasteiger charge is 2.50. The highest BCUT2D eigenvalue weighted by atomic mass is 15.2. The maximum Gasteiger partial charge on any atom is 0.0490 e. The van der Waals surface area contributed by atoms with E-state index < -0.39 is 0 Å². The zero-order valence-corrected chi connectivity index (χ0v) is 32.9. The molecule has 0 saturated carbocycles. The molecule has 2 atom stereocenters. The minimum atomic E-state index is -0.134. The van der Waals surface area contributed by atoms with Crippen molar-refractivity contribution in [2.24, 2.45) is 5.92 Å². The third kappa shape index (κ3) is 5.14. The van der Waals surface area contributed by atoms with Crippen LogP contribution in [0, 0.1) is 33.6 Å². The van der Waals surface area contributed by atoms with Crippen LogP contribution in [0.4, 0.5) is 34.1 Å². The molecule has 0 aliphatic heterocycles. The van der Waals surface area contributed by atoms with E-state index in [4.69, 9.17) is 0 Å². The van der Waals surface area contributed by atoms with Gasteiger partial charge < -0.3 is 9.80 Å². The maximum atomic E-state index is 2.65. The third-order valence-corrected chi connectivity index (χ3v) is 12.9. The van der Waals surface area contributed by atoms with Gasteiger partial charge >= 0.3 is 0 Å². The number of para-hydroxylation sites is 4. The van der Waals surface area contributed by atoms with Gasteiger partial charge in [-0.15, -0.1) is 0 Å². The summed E-state index contributed by atoms with van der Waals surface area (Å²) in [4.78, 5) is 4.91. The van der Waals surface area contributed by atoms with E-state index in [0.717, 1.165) is 0 Å². The fourth-order valence-corrected chi connectivity index (χ4v) is 9.82. The van der Waals surface area contributed by atoms with Crippen molar-refractivity contribution >= 4 is 39.7 Å². The van der Waals surface area contributed by atoms with Gasteiger partial charge in [-0.3, -0.25) is 0 Å². The van der Waals surface area contributed by atoms with E-state index in [1.165, 1.54) is 89.8 Å². The Kier molecular flexibility index (Phi) is 7.91. The predicted octanol–water partition coefficient (Wildman–Crippen LogP) is 14.2. The van der Waals surface area contributed by atoms with E-state index >= 15 is 0 Å². The lowest BCUT2D eigenvalue weighted by atomic mass is 9.70. The average molecular weight is 703 g/mol. The van der Waals surface area contributed by atoms with Gasteiger partial charge in [-0.1, -0.05) is 125 Å². The lowest BCUT2D eigenvalue weighted by Crippen LogP contribution is -2.27. The molecule has 0 bridgehead atoms. The van der Waals surface area contributed by atoms with Crippen molar-refractivity contribution in [3.05, 3.63) is 196 Å². The molecule has 0 heterocycles. The second kappa shape index (κ2) is 12.5. The first kappa shape index (κ1) is 34.2. The van der Waals surface area contributed by atoms with Crippen molar-refractivity contribution in [2.75, 3.05) is 9.80 Å². The summed E-state index contributed by atoms with van der Waals surface area (Å²) in [5.74, 6) is 0.695. The molecule has 6 aromatic rings. The van der Waals surface area contributed by atoms with E-state index in [2.05, 4.69) is 211 Å². The highest BCUT2D eigenvalue weighted by Crippen LogP contribution is 2.61. The Morgan fingerprint density at radius 1 is 0.463 bits per heavy atom. The van der Waals surface area contributed by atoms with Crippen LogP contribution >= 0.6 is 0 Å². The molecule has 3 aliphatic carbocycles. The summed E-state index contributed by atoms with van der Waals surface area (Å²) in [7, 11) is 0.